The second-order valence-corrected chi connectivity index (χ2v) is 8.95. The molecule has 4 amide bonds. The quantitative estimate of drug-likeness (QED) is 0.381. The zero-order valence-electron chi connectivity index (χ0n) is 21.2. The molecule has 2 atom stereocenters. The minimum atomic E-state index is -1.66. The predicted molar refractivity (Wildman–Crippen MR) is 134 cm³/mol. The zero-order valence-corrected chi connectivity index (χ0v) is 21.2. The Morgan fingerprint density at radius 3 is 1.51 bits per heavy atom. The normalized spacial score (nSPS) is 21.4. The molecule has 2 unspecified atom stereocenters. The van der Waals surface area contributed by atoms with Crippen molar-refractivity contribution in [3.05, 3.63) is 47.5 Å². The lowest BCUT2D eigenvalue weighted by Gasteiger charge is -2.38. The number of methoxy groups -OCH3 is 2. The topological polar surface area (TPSA) is 144 Å². The van der Waals surface area contributed by atoms with Crippen LogP contribution in [-0.2, 0) is 35.1 Å². The van der Waals surface area contributed by atoms with Gasteiger partial charge in [-0.3, -0.25) is 19.2 Å². The van der Waals surface area contributed by atoms with Crippen LogP contribution in [0.1, 0.15) is 37.8 Å². The first kappa shape index (κ1) is 26.0. The predicted octanol–water partition coefficient (Wildman–Crippen LogP) is 1.77. The summed E-state index contributed by atoms with van der Waals surface area (Å²) in [6.07, 6.45) is 0.0695. The molecule has 0 saturated carbocycles. The molecule has 196 valence electrons. The Morgan fingerprint density at radius 1 is 0.757 bits per heavy atom. The first-order chi connectivity index (χ1) is 17.6. The smallest absolute Gasteiger partial charge is 0.261 e. The molecule has 0 spiro atoms. The summed E-state index contributed by atoms with van der Waals surface area (Å²) in [5.74, 6) is -0.517. The van der Waals surface area contributed by atoms with Crippen LogP contribution in [0.3, 0.4) is 0 Å². The van der Waals surface area contributed by atoms with Gasteiger partial charge in [-0.05, 0) is 36.4 Å². The number of hydrogen-bond acceptors (Lipinski definition) is 7. The maximum atomic E-state index is 13.7. The van der Waals surface area contributed by atoms with E-state index in [2.05, 4.69) is 21.3 Å². The van der Waals surface area contributed by atoms with Gasteiger partial charge in [-0.2, -0.15) is 0 Å². The van der Waals surface area contributed by atoms with Crippen LogP contribution >= 0.6 is 0 Å². The van der Waals surface area contributed by atoms with E-state index in [1.807, 2.05) is 0 Å². The lowest BCUT2D eigenvalue weighted by Crippen LogP contribution is -2.51. The van der Waals surface area contributed by atoms with Gasteiger partial charge in [0.1, 0.15) is 11.5 Å². The maximum Gasteiger partial charge on any atom is 0.261 e. The van der Waals surface area contributed by atoms with Crippen molar-refractivity contribution in [2.45, 2.75) is 37.9 Å². The fourth-order valence-electron chi connectivity index (χ4n) is 4.81. The molecule has 4 rings (SSSR count). The van der Waals surface area contributed by atoms with Gasteiger partial charge in [-0.15, -0.1) is 0 Å². The monoisotopic (exact) mass is 510 g/mol. The molecule has 2 aromatic rings. The SMILES string of the molecule is COc1ccc2c(c1)C(CCNC(C)=O)(OC1(CCNC(C)=O)C(=O)Nc3ccc(OC)cc31)C(=O)N2. The van der Waals surface area contributed by atoms with E-state index in [0.29, 0.717) is 34.0 Å². The van der Waals surface area contributed by atoms with Crippen LogP contribution in [0.2, 0.25) is 0 Å². The highest BCUT2D eigenvalue weighted by atomic mass is 16.5. The van der Waals surface area contributed by atoms with Crippen LogP contribution in [0.25, 0.3) is 0 Å². The zero-order chi connectivity index (χ0) is 26.8. The molecule has 11 heteroatoms. The average molecular weight is 511 g/mol. The number of hydrogen-bond donors (Lipinski definition) is 4. The van der Waals surface area contributed by atoms with Crippen molar-refractivity contribution in [1.29, 1.82) is 0 Å². The van der Waals surface area contributed by atoms with Gasteiger partial charge in [0.25, 0.3) is 11.8 Å². The van der Waals surface area contributed by atoms with Crippen molar-refractivity contribution in [3.8, 4) is 11.5 Å². The van der Waals surface area contributed by atoms with Gasteiger partial charge in [-0.25, -0.2) is 0 Å². The van der Waals surface area contributed by atoms with Gasteiger partial charge >= 0.3 is 0 Å². The van der Waals surface area contributed by atoms with E-state index in [1.165, 1.54) is 28.1 Å². The van der Waals surface area contributed by atoms with Crippen molar-refractivity contribution < 1.29 is 33.4 Å². The summed E-state index contributed by atoms with van der Waals surface area (Å²) in [7, 11) is 3.02. The van der Waals surface area contributed by atoms with Gasteiger partial charge in [0.2, 0.25) is 11.8 Å². The number of carbonyl (C=O) groups excluding carboxylic acids is 4. The first-order valence-corrected chi connectivity index (χ1v) is 11.8. The van der Waals surface area contributed by atoms with Crippen LogP contribution in [0.5, 0.6) is 11.5 Å². The molecule has 4 N–H and O–H groups in total. The molecule has 0 fully saturated rings. The second-order valence-electron chi connectivity index (χ2n) is 8.95. The number of benzene rings is 2. The van der Waals surface area contributed by atoms with E-state index in [1.54, 1.807) is 36.4 Å². The number of anilines is 2. The Morgan fingerprint density at radius 2 is 1.16 bits per heavy atom. The summed E-state index contributed by atoms with van der Waals surface area (Å²) < 4.78 is 17.5. The lowest BCUT2D eigenvalue weighted by molar-refractivity contribution is -0.185. The summed E-state index contributed by atoms with van der Waals surface area (Å²) in [5.41, 5.74) is -1.35. The second kappa shape index (κ2) is 10.1. The van der Waals surface area contributed by atoms with Crippen LogP contribution in [0.4, 0.5) is 11.4 Å². The maximum absolute atomic E-state index is 13.7. The van der Waals surface area contributed by atoms with E-state index in [-0.39, 0.29) is 37.7 Å². The minimum Gasteiger partial charge on any atom is -0.497 e. The van der Waals surface area contributed by atoms with Crippen molar-refractivity contribution in [2.24, 2.45) is 0 Å². The minimum absolute atomic E-state index is 0.0348. The number of rotatable bonds is 10. The Bertz CT molecular complexity index is 1170. The fourth-order valence-corrected chi connectivity index (χ4v) is 4.81. The molecule has 0 radical (unpaired) electrons. The highest BCUT2D eigenvalue weighted by Gasteiger charge is 2.58. The molecule has 2 aliphatic heterocycles. The average Bonchev–Trinajstić information content (AvgIpc) is 3.28. The lowest BCUT2D eigenvalue weighted by atomic mass is 9.85. The molecule has 2 aliphatic rings. The van der Waals surface area contributed by atoms with Gasteiger partial charge in [0.15, 0.2) is 11.2 Å². The van der Waals surface area contributed by atoms with Crippen molar-refractivity contribution in [2.75, 3.05) is 37.9 Å². The van der Waals surface area contributed by atoms with Crippen molar-refractivity contribution in [3.63, 3.8) is 0 Å². The number of amides is 4. The number of carbonyl (C=O) groups is 4. The molecule has 0 bridgehead atoms. The van der Waals surface area contributed by atoms with Crippen LogP contribution in [0, 0.1) is 0 Å². The van der Waals surface area contributed by atoms with E-state index in [0.717, 1.165) is 0 Å². The number of nitrogens with one attached hydrogen (secondary N) is 4. The highest BCUT2D eigenvalue weighted by Crippen LogP contribution is 2.51. The van der Waals surface area contributed by atoms with E-state index < -0.39 is 23.0 Å². The van der Waals surface area contributed by atoms with Crippen molar-refractivity contribution >= 4 is 35.0 Å². The van der Waals surface area contributed by atoms with Crippen LogP contribution in [0.15, 0.2) is 36.4 Å². The first-order valence-electron chi connectivity index (χ1n) is 11.8. The summed E-state index contributed by atoms with van der Waals surface area (Å²) in [6.45, 7) is 2.96. The van der Waals surface area contributed by atoms with E-state index in [9.17, 15) is 19.2 Å². The van der Waals surface area contributed by atoms with Crippen molar-refractivity contribution in [1.82, 2.24) is 10.6 Å². The standard InChI is InChI=1S/C26H30N4O7/c1-15(31)27-11-9-25(19-13-17(35-3)5-7-21(19)29-23(25)33)37-26(10-12-28-16(2)32)20-14-18(36-4)6-8-22(20)30-24(26)34/h5-8,13-14H,9-12H2,1-4H3,(H,27,31)(H,28,32)(H,29,33)(H,30,34). The molecule has 11 nitrogen and oxygen atoms in total. The molecule has 2 heterocycles. The van der Waals surface area contributed by atoms with Crippen LogP contribution in [-0.4, -0.2) is 50.9 Å². The summed E-state index contributed by atoms with van der Waals surface area (Å²) in [4.78, 5) is 50.6. The van der Waals surface area contributed by atoms with E-state index in [4.69, 9.17) is 14.2 Å². The van der Waals surface area contributed by atoms with Gasteiger partial charge in [0.05, 0.1) is 14.2 Å². The molecular formula is C26H30N4O7. The third-order valence-corrected chi connectivity index (χ3v) is 6.60. The Hall–Kier alpha value is -4.12. The van der Waals surface area contributed by atoms with Gasteiger partial charge in [-0.1, -0.05) is 0 Å². The van der Waals surface area contributed by atoms with E-state index >= 15 is 0 Å². The molecule has 2 aromatic carbocycles. The third kappa shape index (κ3) is 4.69. The molecule has 37 heavy (non-hydrogen) atoms. The fraction of sp³-hybridized carbons (Fsp3) is 0.385. The summed E-state index contributed by atoms with van der Waals surface area (Å²) in [6, 6.07) is 10.2. The molecular weight excluding hydrogens is 480 g/mol. The largest absolute Gasteiger partial charge is 0.497 e. The number of ether oxygens (including phenoxy) is 3. The third-order valence-electron chi connectivity index (χ3n) is 6.60. The highest BCUT2D eigenvalue weighted by molar-refractivity contribution is 6.08. The van der Waals surface area contributed by atoms with Crippen LogP contribution < -0.4 is 30.7 Å². The molecule has 0 saturated heterocycles. The van der Waals surface area contributed by atoms with Gasteiger partial charge < -0.3 is 35.5 Å². The summed E-state index contributed by atoms with van der Waals surface area (Å²) >= 11 is 0. The van der Waals surface area contributed by atoms with Gasteiger partial charge in [0, 0.05) is 62.3 Å². The Labute approximate surface area is 214 Å². The Balaban J connectivity index is 1.87. The molecule has 0 aromatic heterocycles. The molecule has 0 aliphatic carbocycles. The number of fused-ring (bicyclic) bond motifs is 2. The Kier molecular flexibility index (Phi) is 7.08. The summed E-state index contributed by atoms with van der Waals surface area (Å²) in [5, 5.41) is 11.1.